The number of rotatable bonds is 3. The predicted octanol–water partition coefficient (Wildman–Crippen LogP) is -0.0843. The van der Waals surface area contributed by atoms with Crippen LogP contribution in [0.2, 0.25) is 0 Å². The van der Waals surface area contributed by atoms with Crippen LogP contribution in [0.4, 0.5) is 5.82 Å². The lowest BCUT2D eigenvalue weighted by molar-refractivity contribution is 0.598. The molecule has 0 unspecified atom stereocenters. The molecule has 4 N–H and O–H groups in total. The number of nitrogens with zero attached hydrogens (tertiary/aromatic N) is 2. The standard InChI is InChI=1S/C11H11N5O2S/c12-6-2-4-9-3-1-5-10(15-9)16-19(17,18)11-7-13-8-14-11/h1,3,5,7-8H,6,12H2,(H,13,14)(H,15,16). The maximum atomic E-state index is 11.9. The number of sulfonamides is 1. The highest BCUT2D eigenvalue weighted by molar-refractivity contribution is 7.92. The molecule has 7 nitrogen and oxygen atoms in total. The third-order valence-electron chi connectivity index (χ3n) is 2.07. The SMILES string of the molecule is NCC#Cc1cccc(NS(=O)(=O)c2cnc[nH]2)n1. The highest BCUT2D eigenvalue weighted by atomic mass is 32.2. The maximum Gasteiger partial charge on any atom is 0.280 e. The highest BCUT2D eigenvalue weighted by Gasteiger charge is 2.15. The quantitative estimate of drug-likeness (QED) is 0.679. The summed E-state index contributed by atoms with van der Waals surface area (Å²) in [5, 5.41) is -0.0345. The second-order valence-corrected chi connectivity index (χ2v) is 5.09. The summed E-state index contributed by atoms with van der Waals surface area (Å²) in [6.07, 6.45) is 2.49. The summed E-state index contributed by atoms with van der Waals surface area (Å²) in [7, 11) is -3.71. The van der Waals surface area contributed by atoms with Crippen LogP contribution in [-0.2, 0) is 10.0 Å². The van der Waals surface area contributed by atoms with Crippen LogP contribution in [0.25, 0.3) is 0 Å². The van der Waals surface area contributed by atoms with Crippen molar-refractivity contribution in [3.05, 3.63) is 36.4 Å². The van der Waals surface area contributed by atoms with E-state index < -0.39 is 10.0 Å². The van der Waals surface area contributed by atoms with Crippen molar-refractivity contribution in [1.82, 2.24) is 15.0 Å². The van der Waals surface area contributed by atoms with Crippen molar-refractivity contribution < 1.29 is 8.42 Å². The van der Waals surface area contributed by atoms with Gasteiger partial charge < -0.3 is 10.7 Å². The van der Waals surface area contributed by atoms with E-state index in [0.717, 1.165) is 0 Å². The van der Waals surface area contributed by atoms with E-state index in [9.17, 15) is 8.42 Å². The van der Waals surface area contributed by atoms with Crippen LogP contribution >= 0.6 is 0 Å². The number of nitrogens with two attached hydrogens (primary N) is 1. The van der Waals surface area contributed by atoms with Gasteiger partial charge in [-0.2, -0.15) is 8.42 Å². The Bertz CT molecular complexity index is 713. The average molecular weight is 277 g/mol. The van der Waals surface area contributed by atoms with Gasteiger partial charge >= 0.3 is 0 Å². The normalized spacial score (nSPS) is 10.6. The zero-order chi connectivity index (χ0) is 13.7. The Morgan fingerprint density at radius 1 is 1.42 bits per heavy atom. The van der Waals surface area contributed by atoms with Gasteiger partial charge in [-0.15, -0.1) is 0 Å². The molecule has 0 aliphatic rings. The zero-order valence-electron chi connectivity index (χ0n) is 9.79. The first-order valence-electron chi connectivity index (χ1n) is 5.29. The van der Waals surface area contributed by atoms with Gasteiger partial charge in [0.25, 0.3) is 10.0 Å². The summed E-state index contributed by atoms with van der Waals surface area (Å²) in [5.74, 6) is 5.55. The summed E-state index contributed by atoms with van der Waals surface area (Å²) < 4.78 is 26.1. The fourth-order valence-electron chi connectivity index (χ4n) is 1.29. The van der Waals surface area contributed by atoms with E-state index >= 15 is 0 Å². The molecule has 2 aromatic heterocycles. The summed E-state index contributed by atoms with van der Waals surface area (Å²) in [6, 6.07) is 4.84. The van der Waals surface area contributed by atoms with E-state index in [1.54, 1.807) is 12.1 Å². The molecule has 0 aromatic carbocycles. The number of hydrogen-bond acceptors (Lipinski definition) is 5. The van der Waals surface area contributed by atoms with Gasteiger partial charge in [-0.25, -0.2) is 9.97 Å². The third-order valence-corrected chi connectivity index (χ3v) is 3.35. The molecule has 0 aliphatic heterocycles. The first-order valence-corrected chi connectivity index (χ1v) is 6.77. The van der Waals surface area contributed by atoms with Gasteiger partial charge in [0.2, 0.25) is 0 Å². The van der Waals surface area contributed by atoms with Crippen LogP contribution in [0.5, 0.6) is 0 Å². The van der Waals surface area contributed by atoms with Gasteiger partial charge in [-0.1, -0.05) is 12.0 Å². The van der Waals surface area contributed by atoms with Crippen molar-refractivity contribution in [3.63, 3.8) is 0 Å². The topological polar surface area (TPSA) is 114 Å². The van der Waals surface area contributed by atoms with E-state index in [1.807, 2.05) is 0 Å². The molecule has 98 valence electrons. The number of aromatic amines is 1. The van der Waals surface area contributed by atoms with Gasteiger partial charge in [-0.3, -0.25) is 4.72 Å². The van der Waals surface area contributed by atoms with Crippen LogP contribution in [0.3, 0.4) is 0 Å². The highest BCUT2D eigenvalue weighted by Crippen LogP contribution is 2.11. The Hall–Kier alpha value is -2.37. The Labute approximate surface area is 110 Å². The maximum absolute atomic E-state index is 11.9. The second-order valence-electron chi connectivity index (χ2n) is 3.44. The fourth-order valence-corrected chi connectivity index (χ4v) is 2.19. The molecule has 19 heavy (non-hydrogen) atoms. The van der Waals surface area contributed by atoms with Gasteiger partial charge in [0, 0.05) is 0 Å². The predicted molar refractivity (Wildman–Crippen MR) is 69.6 cm³/mol. The Kier molecular flexibility index (Phi) is 3.79. The number of H-pyrrole nitrogens is 1. The molecule has 8 heteroatoms. The van der Waals surface area contributed by atoms with Gasteiger partial charge in [0.15, 0.2) is 5.03 Å². The number of anilines is 1. The molecule has 0 fully saturated rings. The molecule has 0 aliphatic carbocycles. The molecular formula is C11H11N5O2S. The molecule has 0 saturated heterocycles. The minimum Gasteiger partial charge on any atom is -0.334 e. The lowest BCUT2D eigenvalue weighted by Gasteiger charge is -2.05. The molecule has 0 amide bonds. The second kappa shape index (κ2) is 5.51. The molecule has 0 saturated carbocycles. The van der Waals surface area contributed by atoms with Gasteiger partial charge in [0.1, 0.15) is 11.5 Å². The first kappa shape index (κ1) is 13.1. The minimum absolute atomic E-state index is 0.0345. The van der Waals surface area contributed by atoms with Crippen LogP contribution in [0.15, 0.2) is 35.7 Å². The Morgan fingerprint density at radius 2 is 2.26 bits per heavy atom. The molecule has 0 bridgehead atoms. The van der Waals surface area contributed by atoms with Crippen molar-refractivity contribution in [2.45, 2.75) is 5.03 Å². The summed E-state index contributed by atoms with van der Waals surface area (Å²) in [5.41, 5.74) is 5.70. The van der Waals surface area contributed by atoms with Crippen molar-refractivity contribution in [2.24, 2.45) is 5.73 Å². The number of pyridine rings is 1. The Balaban J connectivity index is 2.25. The van der Waals surface area contributed by atoms with E-state index in [2.05, 4.69) is 31.5 Å². The number of nitrogens with one attached hydrogen (secondary N) is 2. The van der Waals surface area contributed by atoms with Crippen LogP contribution < -0.4 is 10.5 Å². The van der Waals surface area contributed by atoms with Crippen molar-refractivity contribution in [2.75, 3.05) is 11.3 Å². The number of imidazole rings is 1. The number of aromatic nitrogens is 3. The van der Waals surface area contributed by atoms with E-state index in [0.29, 0.717) is 5.69 Å². The number of hydrogen-bond donors (Lipinski definition) is 3. The minimum atomic E-state index is -3.71. The van der Waals surface area contributed by atoms with Crippen LogP contribution in [0, 0.1) is 11.8 Å². The molecular weight excluding hydrogens is 266 g/mol. The average Bonchev–Trinajstić information content (AvgIpc) is 2.91. The van der Waals surface area contributed by atoms with Crippen molar-refractivity contribution in [1.29, 1.82) is 0 Å². The van der Waals surface area contributed by atoms with Crippen LogP contribution in [-0.4, -0.2) is 29.9 Å². The molecule has 2 aromatic rings. The van der Waals surface area contributed by atoms with E-state index in [4.69, 9.17) is 5.73 Å². The third kappa shape index (κ3) is 3.31. The molecule has 0 radical (unpaired) electrons. The molecule has 0 atom stereocenters. The Morgan fingerprint density at radius 3 is 2.95 bits per heavy atom. The van der Waals surface area contributed by atoms with Crippen molar-refractivity contribution >= 4 is 15.8 Å². The van der Waals surface area contributed by atoms with Gasteiger partial charge in [-0.05, 0) is 18.1 Å². The lowest BCUT2D eigenvalue weighted by atomic mass is 10.3. The van der Waals surface area contributed by atoms with Crippen molar-refractivity contribution in [3.8, 4) is 11.8 Å². The summed E-state index contributed by atoms with van der Waals surface area (Å²) >= 11 is 0. The van der Waals surface area contributed by atoms with E-state index in [1.165, 1.54) is 18.6 Å². The van der Waals surface area contributed by atoms with Crippen LogP contribution in [0.1, 0.15) is 5.69 Å². The van der Waals surface area contributed by atoms with Gasteiger partial charge in [0.05, 0.1) is 19.1 Å². The zero-order valence-corrected chi connectivity index (χ0v) is 10.6. The molecule has 0 spiro atoms. The summed E-state index contributed by atoms with van der Waals surface area (Å²) in [6.45, 7) is 0.214. The summed E-state index contributed by atoms with van der Waals surface area (Å²) in [4.78, 5) is 10.2. The van der Waals surface area contributed by atoms with E-state index in [-0.39, 0.29) is 17.4 Å². The lowest BCUT2D eigenvalue weighted by Crippen LogP contribution is -2.14. The first-order chi connectivity index (χ1) is 9.12. The molecule has 2 heterocycles. The monoisotopic (exact) mass is 277 g/mol. The smallest absolute Gasteiger partial charge is 0.280 e. The molecule has 2 rings (SSSR count). The fraction of sp³-hybridized carbons (Fsp3) is 0.0909. The largest absolute Gasteiger partial charge is 0.334 e.